The highest BCUT2D eigenvalue weighted by Crippen LogP contribution is 2.26. The molecule has 0 saturated heterocycles. The van der Waals surface area contributed by atoms with E-state index in [1.807, 2.05) is 30.3 Å². The molecule has 0 unspecified atom stereocenters. The van der Waals surface area contributed by atoms with Gasteiger partial charge in [-0.15, -0.1) is 0 Å². The quantitative estimate of drug-likeness (QED) is 0.668. The van der Waals surface area contributed by atoms with Crippen molar-refractivity contribution in [3.05, 3.63) is 83.4 Å². The molecule has 1 amide bonds. The fourth-order valence-corrected chi connectivity index (χ4v) is 2.50. The van der Waals surface area contributed by atoms with Crippen molar-refractivity contribution in [1.82, 2.24) is 0 Å². The molecule has 0 aliphatic carbocycles. The molecule has 126 valence electrons. The first-order valence-electron chi connectivity index (χ1n) is 7.63. The van der Waals surface area contributed by atoms with Gasteiger partial charge in [0.1, 0.15) is 17.2 Å². The third-order valence-electron chi connectivity index (χ3n) is 3.51. The zero-order valence-corrected chi connectivity index (χ0v) is 14.3. The minimum atomic E-state index is -0.249. The van der Waals surface area contributed by atoms with Gasteiger partial charge in [-0.05, 0) is 54.6 Å². The molecule has 0 radical (unpaired) electrons. The molecule has 0 aliphatic heterocycles. The number of anilines is 1. The first-order chi connectivity index (χ1) is 12.2. The van der Waals surface area contributed by atoms with E-state index in [9.17, 15) is 4.79 Å². The lowest BCUT2D eigenvalue weighted by molar-refractivity contribution is 0.102. The van der Waals surface area contributed by atoms with Crippen molar-refractivity contribution in [3.8, 4) is 17.2 Å². The number of nitrogens with one attached hydrogen (secondary N) is 1. The molecule has 3 rings (SSSR count). The molecular formula is C20H16ClNO3. The van der Waals surface area contributed by atoms with Gasteiger partial charge in [-0.1, -0.05) is 29.8 Å². The molecule has 3 aromatic carbocycles. The molecule has 0 aliphatic rings. The standard InChI is InChI=1S/C20H16ClNO3/c1-24-19-12-7-14(13-18(19)21)20(23)22-15-8-10-17(11-9-15)25-16-5-3-2-4-6-16/h2-13H,1H3,(H,22,23). The number of methoxy groups -OCH3 is 1. The lowest BCUT2D eigenvalue weighted by atomic mass is 10.2. The van der Waals surface area contributed by atoms with E-state index in [-0.39, 0.29) is 5.91 Å². The van der Waals surface area contributed by atoms with Crippen LogP contribution in [0.2, 0.25) is 5.02 Å². The van der Waals surface area contributed by atoms with Crippen molar-refractivity contribution in [3.63, 3.8) is 0 Å². The molecule has 0 fully saturated rings. The molecule has 0 atom stereocenters. The number of carbonyl (C=O) groups excluding carboxylic acids is 1. The number of benzene rings is 3. The largest absolute Gasteiger partial charge is 0.495 e. The summed E-state index contributed by atoms with van der Waals surface area (Å²) in [6.45, 7) is 0. The highest BCUT2D eigenvalue weighted by molar-refractivity contribution is 6.32. The van der Waals surface area contributed by atoms with Crippen molar-refractivity contribution in [2.75, 3.05) is 12.4 Å². The van der Waals surface area contributed by atoms with Crippen molar-refractivity contribution >= 4 is 23.2 Å². The maximum Gasteiger partial charge on any atom is 0.255 e. The Labute approximate surface area is 151 Å². The summed E-state index contributed by atoms with van der Waals surface area (Å²) in [5.74, 6) is 1.73. The Morgan fingerprint density at radius 2 is 1.60 bits per heavy atom. The third kappa shape index (κ3) is 4.31. The molecule has 0 heterocycles. The monoisotopic (exact) mass is 353 g/mol. The Morgan fingerprint density at radius 1 is 0.920 bits per heavy atom. The summed E-state index contributed by atoms with van der Waals surface area (Å²) in [4.78, 5) is 12.3. The second-order valence-corrected chi connectivity index (χ2v) is 5.65. The number of amides is 1. The second kappa shape index (κ2) is 7.73. The number of rotatable bonds is 5. The topological polar surface area (TPSA) is 47.6 Å². The van der Waals surface area contributed by atoms with Gasteiger partial charge >= 0.3 is 0 Å². The number of halogens is 1. The summed E-state index contributed by atoms with van der Waals surface area (Å²) < 4.78 is 10.8. The molecule has 5 heteroatoms. The maximum absolute atomic E-state index is 12.3. The van der Waals surface area contributed by atoms with Crippen molar-refractivity contribution in [1.29, 1.82) is 0 Å². The van der Waals surface area contributed by atoms with Gasteiger partial charge in [0.05, 0.1) is 12.1 Å². The van der Waals surface area contributed by atoms with Crippen LogP contribution in [0.25, 0.3) is 0 Å². The van der Waals surface area contributed by atoms with Gasteiger partial charge in [0.2, 0.25) is 0 Å². The van der Waals surface area contributed by atoms with E-state index in [4.69, 9.17) is 21.1 Å². The van der Waals surface area contributed by atoms with E-state index in [0.29, 0.717) is 27.8 Å². The summed E-state index contributed by atoms with van der Waals surface area (Å²) in [6, 6.07) is 21.5. The minimum absolute atomic E-state index is 0.249. The van der Waals surface area contributed by atoms with Crippen LogP contribution in [0.5, 0.6) is 17.2 Å². The number of ether oxygens (including phenoxy) is 2. The Kier molecular flexibility index (Phi) is 5.21. The molecule has 0 spiro atoms. The van der Waals surface area contributed by atoms with Gasteiger partial charge in [0.15, 0.2) is 0 Å². The van der Waals surface area contributed by atoms with E-state index >= 15 is 0 Å². The molecule has 0 bridgehead atoms. The van der Waals surface area contributed by atoms with E-state index in [2.05, 4.69) is 5.32 Å². The molecule has 0 saturated carbocycles. The highest BCUT2D eigenvalue weighted by Gasteiger charge is 2.09. The average molecular weight is 354 g/mol. The maximum atomic E-state index is 12.3. The Bertz CT molecular complexity index is 864. The summed E-state index contributed by atoms with van der Waals surface area (Å²) >= 11 is 6.05. The van der Waals surface area contributed by atoms with Gasteiger partial charge in [-0.3, -0.25) is 4.79 Å². The molecule has 0 aromatic heterocycles. The first-order valence-corrected chi connectivity index (χ1v) is 8.01. The zero-order chi connectivity index (χ0) is 17.6. The lowest BCUT2D eigenvalue weighted by Crippen LogP contribution is -2.11. The number of para-hydroxylation sites is 1. The smallest absolute Gasteiger partial charge is 0.255 e. The lowest BCUT2D eigenvalue weighted by Gasteiger charge is -2.09. The molecule has 4 nitrogen and oxygen atoms in total. The van der Waals surface area contributed by atoms with Crippen LogP contribution in [-0.4, -0.2) is 13.0 Å². The van der Waals surface area contributed by atoms with Gasteiger partial charge < -0.3 is 14.8 Å². The van der Waals surface area contributed by atoms with E-state index in [0.717, 1.165) is 5.75 Å². The Hall–Kier alpha value is -2.98. The Morgan fingerprint density at radius 3 is 2.24 bits per heavy atom. The number of hydrogen-bond donors (Lipinski definition) is 1. The molecule has 3 aromatic rings. The predicted molar refractivity (Wildman–Crippen MR) is 98.9 cm³/mol. The normalized spacial score (nSPS) is 10.2. The van der Waals surface area contributed by atoms with Crippen LogP contribution in [0, 0.1) is 0 Å². The summed E-state index contributed by atoms with van der Waals surface area (Å²) in [5, 5.41) is 3.21. The zero-order valence-electron chi connectivity index (χ0n) is 13.5. The van der Waals surface area contributed by atoms with Crippen molar-refractivity contribution in [2.24, 2.45) is 0 Å². The van der Waals surface area contributed by atoms with Crippen LogP contribution in [0.1, 0.15) is 10.4 Å². The van der Waals surface area contributed by atoms with Gasteiger partial charge in [-0.25, -0.2) is 0 Å². The fourth-order valence-electron chi connectivity index (χ4n) is 2.24. The molecular weight excluding hydrogens is 338 g/mol. The SMILES string of the molecule is COc1ccc(C(=O)Nc2ccc(Oc3ccccc3)cc2)cc1Cl. The summed E-state index contributed by atoms with van der Waals surface area (Å²) in [6.07, 6.45) is 0. The first kappa shape index (κ1) is 16.9. The van der Waals surface area contributed by atoms with Crippen LogP contribution < -0.4 is 14.8 Å². The van der Waals surface area contributed by atoms with Crippen LogP contribution >= 0.6 is 11.6 Å². The third-order valence-corrected chi connectivity index (χ3v) is 3.80. The van der Waals surface area contributed by atoms with Crippen molar-refractivity contribution < 1.29 is 14.3 Å². The number of hydrogen-bond acceptors (Lipinski definition) is 3. The van der Waals surface area contributed by atoms with E-state index in [1.165, 1.54) is 7.11 Å². The summed E-state index contributed by atoms with van der Waals surface area (Å²) in [7, 11) is 1.53. The highest BCUT2D eigenvalue weighted by atomic mass is 35.5. The molecule has 25 heavy (non-hydrogen) atoms. The number of carbonyl (C=O) groups is 1. The van der Waals surface area contributed by atoms with E-state index < -0.39 is 0 Å². The fraction of sp³-hybridized carbons (Fsp3) is 0.0500. The predicted octanol–water partition coefficient (Wildman–Crippen LogP) is 5.39. The second-order valence-electron chi connectivity index (χ2n) is 5.24. The average Bonchev–Trinajstić information content (AvgIpc) is 2.64. The van der Waals surface area contributed by atoms with Gasteiger partial charge in [0, 0.05) is 11.3 Å². The van der Waals surface area contributed by atoms with Crippen LogP contribution in [0.3, 0.4) is 0 Å². The van der Waals surface area contributed by atoms with E-state index in [1.54, 1.807) is 42.5 Å². The Balaban J connectivity index is 1.66. The molecule has 1 N–H and O–H groups in total. The van der Waals surface area contributed by atoms with Gasteiger partial charge in [-0.2, -0.15) is 0 Å². The van der Waals surface area contributed by atoms with Crippen molar-refractivity contribution in [2.45, 2.75) is 0 Å². The minimum Gasteiger partial charge on any atom is -0.495 e. The van der Waals surface area contributed by atoms with Crippen LogP contribution in [0.4, 0.5) is 5.69 Å². The summed E-state index contributed by atoms with van der Waals surface area (Å²) in [5.41, 5.74) is 1.12. The van der Waals surface area contributed by atoms with Crippen LogP contribution in [0.15, 0.2) is 72.8 Å². The van der Waals surface area contributed by atoms with Crippen LogP contribution in [-0.2, 0) is 0 Å². The van der Waals surface area contributed by atoms with Gasteiger partial charge in [0.25, 0.3) is 5.91 Å².